The third kappa shape index (κ3) is 4.41. The zero-order chi connectivity index (χ0) is 22.7. The lowest BCUT2D eigenvalue weighted by Gasteiger charge is -2.15. The summed E-state index contributed by atoms with van der Waals surface area (Å²) >= 11 is 1.29. The van der Waals surface area contributed by atoms with Gasteiger partial charge in [0.15, 0.2) is 0 Å². The number of anilines is 2. The zero-order valence-corrected chi connectivity index (χ0v) is 19.0. The second kappa shape index (κ2) is 9.32. The Morgan fingerprint density at radius 3 is 2.12 bits per heavy atom. The molecule has 0 atom stereocenters. The SMILES string of the molecule is CCc1ccc(N2C(=O)C(Nc3ccc(OC)cc3)=C(Sc3ccc(C)cc3)C2=O)cc1. The molecule has 0 fully saturated rings. The van der Waals surface area contributed by atoms with Gasteiger partial charge in [-0.15, -0.1) is 0 Å². The van der Waals surface area contributed by atoms with E-state index >= 15 is 0 Å². The average molecular weight is 445 g/mol. The van der Waals surface area contributed by atoms with Crippen molar-refractivity contribution in [2.24, 2.45) is 0 Å². The fourth-order valence-corrected chi connectivity index (χ4v) is 4.30. The second-order valence-corrected chi connectivity index (χ2v) is 8.52. The van der Waals surface area contributed by atoms with Gasteiger partial charge in [0.1, 0.15) is 16.4 Å². The first-order chi connectivity index (χ1) is 15.5. The van der Waals surface area contributed by atoms with Gasteiger partial charge in [-0.05, 0) is 67.4 Å². The minimum Gasteiger partial charge on any atom is -0.497 e. The van der Waals surface area contributed by atoms with Crippen molar-refractivity contribution in [2.45, 2.75) is 25.2 Å². The van der Waals surface area contributed by atoms with Crippen LogP contribution in [0.15, 0.2) is 88.3 Å². The highest BCUT2D eigenvalue weighted by Gasteiger charge is 2.40. The number of hydrogen-bond donors (Lipinski definition) is 1. The van der Waals surface area contributed by atoms with Gasteiger partial charge in [-0.25, -0.2) is 4.90 Å². The molecule has 6 heteroatoms. The van der Waals surface area contributed by atoms with E-state index in [2.05, 4.69) is 12.2 Å². The molecule has 162 valence electrons. The van der Waals surface area contributed by atoms with Crippen molar-refractivity contribution in [1.82, 2.24) is 0 Å². The Morgan fingerprint density at radius 2 is 1.53 bits per heavy atom. The van der Waals surface area contributed by atoms with Gasteiger partial charge in [-0.3, -0.25) is 9.59 Å². The predicted octanol–water partition coefficient (Wildman–Crippen LogP) is 5.56. The van der Waals surface area contributed by atoms with Crippen LogP contribution in [0.2, 0.25) is 0 Å². The first-order valence-corrected chi connectivity index (χ1v) is 11.2. The number of rotatable bonds is 7. The van der Waals surface area contributed by atoms with Crippen LogP contribution in [-0.2, 0) is 16.0 Å². The van der Waals surface area contributed by atoms with Gasteiger partial charge in [-0.2, -0.15) is 0 Å². The number of nitrogens with one attached hydrogen (secondary N) is 1. The summed E-state index contributed by atoms with van der Waals surface area (Å²) in [6.07, 6.45) is 0.888. The molecule has 1 N–H and O–H groups in total. The smallest absolute Gasteiger partial charge is 0.283 e. The Balaban J connectivity index is 1.70. The number of carbonyl (C=O) groups excluding carboxylic acids is 2. The maximum absolute atomic E-state index is 13.4. The van der Waals surface area contributed by atoms with E-state index in [4.69, 9.17) is 4.74 Å². The Labute approximate surface area is 192 Å². The number of ether oxygens (including phenoxy) is 1. The molecule has 1 aliphatic rings. The molecule has 0 radical (unpaired) electrons. The Morgan fingerprint density at radius 1 is 0.875 bits per heavy atom. The molecule has 0 aliphatic carbocycles. The number of amides is 2. The number of imide groups is 1. The van der Waals surface area contributed by atoms with Gasteiger partial charge in [0, 0.05) is 10.6 Å². The van der Waals surface area contributed by atoms with Crippen molar-refractivity contribution in [2.75, 3.05) is 17.3 Å². The van der Waals surface area contributed by atoms with E-state index in [0.717, 1.165) is 22.4 Å². The molecular weight excluding hydrogens is 420 g/mol. The number of nitrogens with zero attached hydrogens (tertiary/aromatic N) is 1. The van der Waals surface area contributed by atoms with E-state index < -0.39 is 0 Å². The lowest BCUT2D eigenvalue weighted by molar-refractivity contribution is -0.120. The van der Waals surface area contributed by atoms with Crippen LogP contribution in [0.3, 0.4) is 0 Å². The maximum atomic E-state index is 13.4. The summed E-state index contributed by atoms with van der Waals surface area (Å²) in [5, 5.41) is 3.17. The zero-order valence-electron chi connectivity index (χ0n) is 18.2. The van der Waals surface area contributed by atoms with Crippen LogP contribution >= 0.6 is 11.8 Å². The summed E-state index contributed by atoms with van der Waals surface area (Å²) in [6, 6.07) is 22.6. The summed E-state index contributed by atoms with van der Waals surface area (Å²) in [6.45, 7) is 4.08. The number of thioether (sulfide) groups is 1. The Bertz CT molecular complexity index is 1170. The van der Waals surface area contributed by atoms with Crippen LogP contribution in [-0.4, -0.2) is 18.9 Å². The molecule has 3 aromatic carbocycles. The van der Waals surface area contributed by atoms with Gasteiger partial charge < -0.3 is 10.1 Å². The van der Waals surface area contributed by atoms with Crippen molar-refractivity contribution < 1.29 is 14.3 Å². The average Bonchev–Trinajstić information content (AvgIpc) is 3.05. The van der Waals surface area contributed by atoms with Crippen LogP contribution in [0.25, 0.3) is 0 Å². The summed E-state index contributed by atoms with van der Waals surface area (Å²) in [5.74, 6) is 0.00996. The van der Waals surface area contributed by atoms with Crippen LogP contribution in [0.5, 0.6) is 5.75 Å². The first kappa shape index (κ1) is 21.7. The van der Waals surface area contributed by atoms with Crippen molar-refractivity contribution in [3.05, 3.63) is 94.5 Å². The molecular formula is C26H24N2O3S. The van der Waals surface area contributed by atoms with Gasteiger partial charge in [0.2, 0.25) is 0 Å². The number of methoxy groups -OCH3 is 1. The Hall–Kier alpha value is -3.51. The topological polar surface area (TPSA) is 58.6 Å². The van der Waals surface area contributed by atoms with Crippen LogP contribution in [0, 0.1) is 6.92 Å². The molecule has 3 aromatic rings. The van der Waals surface area contributed by atoms with E-state index in [0.29, 0.717) is 22.0 Å². The molecule has 1 aliphatic heterocycles. The standard InChI is InChI=1S/C26H24N2O3S/c1-4-18-7-11-20(12-8-18)28-25(29)23(27-19-9-13-21(31-3)14-10-19)24(26(28)30)32-22-15-5-17(2)6-16-22/h5-16,27H,4H2,1-3H3. The Kier molecular flexibility index (Phi) is 6.32. The van der Waals surface area contributed by atoms with Gasteiger partial charge in [0.05, 0.1) is 12.8 Å². The molecule has 0 saturated heterocycles. The molecule has 2 amide bonds. The fourth-order valence-electron chi connectivity index (χ4n) is 3.37. The largest absolute Gasteiger partial charge is 0.497 e. The van der Waals surface area contributed by atoms with E-state index in [1.54, 1.807) is 19.2 Å². The van der Waals surface area contributed by atoms with Crippen LogP contribution < -0.4 is 15.0 Å². The van der Waals surface area contributed by atoms with Crippen molar-refractivity contribution >= 4 is 35.0 Å². The van der Waals surface area contributed by atoms with E-state index in [1.165, 1.54) is 16.7 Å². The highest BCUT2D eigenvalue weighted by Crippen LogP contribution is 2.38. The molecule has 0 aromatic heterocycles. The lowest BCUT2D eigenvalue weighted by atomic mass is 10.1. The third-order valence-corrected chi connectivity index (χ3v) is 6.34. The molecule has 5 nitrogen and oxygen atoms in total. The number of benzene rings is 3. The fraction of sp³-hybridized carbons (Fsp3) is 0.154. The summed E-state index contributed by atoms with van der Waals surface area (Å²) in [5.41, 5.74) is 3.81. The highest BCUT2D eigenvalue weighted by molar-refractivity contribution is 8.04. The summed E-state index contributed by atoms with van der Waals surface area (Å²) in [4.78, 5) is 29.3. The molecule has 0 unspecified atom stereocenters. The van der Waals surface area contributed by atoms with E-state index in [-0.39, 0.29) is 17.5 Å². The summed E-state index contributed by atoms with van der Waals surface area (Å²) < 4.78 is 5.21. The third-order valence-electron chi connectivity index (χ3n) is 5.24. The van der Waals surface area contributed by atoms with Crippen molar-refractivity contribution in [1.29, 1.82) is 0 Å². The van der Waals surface area contributed by atoms with E-state index in [1.807, 2.05) is 67.6 Å². The quantitative estimate of drug-likeness (QED) is 0.484. The molecule has 4 rings (SSSR count). The van der Waals surface area contributed by atoms with Crippen LogP contribution in [0.4, 0.5) is 11.4 Å². The first-order valence-electron chi connectivity index (χ1n) is 10.4. The maximum Gasteiger partial charge on any atom is 0.283 e. The molecule has 1 heterocycles. The second-order valence-electron chi connectivity index (χ2n) is 7.44. The predicted molar refractivity (Wildman–Crippen MR) is 129 cm³/mol. The number of carbonyl (C=O) groups is 2. The molecule has 32 heavy (non-hydrogen) atoms. The molecule has 0 spiro atoms. The van der Waals surface area contributed by atoms with Gasteiger partial charge in [0.25, 0.3) is 11.8 Å². The highest BCUT2D eigenvalue weighted by atomic mass is 32.2. The lowest BCUT2D eigenvalue weighted by Crippen LogP contribution is -2.32. The monoisotopic (exact) mass is 444 g/mol. The van der Waals surface area contributed by atoms with Crippen LogP contribution in [0.1, 0.15) is 18.1 Å². The normalized spacial score (nSPS) is 13.7. The van der Waals surface area contributed by atoms with E-state index in [9.17, 15) is 9.59 Å². The summed E-state index contributed by atoms with van der Waals surface area (Å²) in [7, 11) is 1.60. The molecule has 0 saturated carbocycles. The van der Waals surface area contributed by atoms with Crippen molar-refractivity contribution in [3.63, 3.8) is 0 Å². The number of aryl methyl sites for hydroxylation is 2. The van der Waals surface area contributed by atoms with Gasteiger partial charge in [-0.1, -0.05) is 48.5 Å². The molecule has 0 bridgehead atoms. The minimum atomic E-state index is -0.371. The van der Waals surface area contributed by atoms with Crippen molar-refractivity contribution in [3.8, 4) is 5.75 Å². The minimum absolute atomic E-state index is 0.269. The van der Waals surface area contributed by atoms with Gasteiger partial charge >= 0.3 is 0 Å². The number of hydrogen-bond acceptors (Lipinski definition) is 5.